The summed E-state index contributed by atoms with van der Waals surface area (Å²) in [4.78, 5) is 2.54. The molecule has 0 saturated carbocycles. The van der Waals surface area contributed by atoms with Crippen molar-refractivity contribution < 1.29 is 8.78 Å². The van der Waals surface area contributed by atoms with Crippen LogP contribution in [0.5, 0.6) is 0 Å². The first-order valence-electron chi connectivity index (χ1n) is 9.13. The van der Waals surface area contributed by atoms with Gasteiger partial charge < -0.3 is 4.90 Å². The lowest BCUT2D eigenvalue weighted by Crippen LogP contribution is -2.30. The quantitative estimate of drug-likeness (QED) is 0.490. The van der Waals surface area contributed by atoms with Gasteiger partial charge in [0.2, 0.25) is 0 Å². The Bertz CT molecular complexity index is 522. The van der Waals surface area contributed by atoms with Crippen molar-refractivity contribution in [2.45, 2.75) is 44.9 Å². The molecule has 1 nitrogen and oxygen atoms in total. The molecule has 0 amide bonds. The van der Waals surface area contributed by atoms with Gasteiger partial charge in [0, 0.05) is 6.42 Å². The van der Waals surface area contributed by atoms with Crippen molar-refractivity contribution >= 4 is 0 Å². The molecule has 1 atom stereocenters. The van der Waals surface area contributed by atoms with Crippen LogP contribution >= 0.6 is 0 Å². The highest BCUT2D eigenvalue weighted by Crippen LogP contribution is 2.29. The van der Waals surface area contributed by atoms with Crippen LogP contribution in [0, 0.1) is 5.92 Å². The van der Waals surface area contributed by atoms with Gasteiger partial charge in [-0.05, 0) is 75.9 Å². The molecule has 0 aromatic carbocycles. The number of piperidine rings is 1. The highest BCUT2D eigenvalue weighted by molar-refractivity contribution is 5.27. The third-order valence-electron chi connectivity index (χ3n) is 4.84. The van der Waals surface area contributed by atoms with Crippen LogP contribution in [0.4, 0.5) is 8.78 Å². The van der Waals surface area contributed by atoms with Crippen molar-refractivity contribution in [1.29, 1.82) is 0 Å². The van der Waals surface area contributed by atoms with Gasteiger partial charge in [-0.15, -0.1) is 0 Å². The minimum atomic E-state index is -0.332. The first-order chi connectivity index (χ1) is 11.7. The van der Waals surface area contributed by atoms with Gasteiger partial charge in [-0.25, -0.2) is 8.78 Å². The Kier molecular flexibility index (Phi) is 8.17. The fourth-order valence-electron chi connectivity index (χ4n) is 3.41. The van der Waals surface area contributed by atoms with Gasteiger partial charge in [-0.1, -0.05) is 36.8 Å². The highest BCUT2D eigenvalue weighted by Gasteiger charge is 2.16. The maximum absolute atomic E-state index is 13.2. The van der Waals surface area contributed by atoms with Crippen LogP contribution in [-0.4, -0.2) is 24.5 Å². The Morgan fingerprint density at radius 3 is 2.67 bits per heavy atom. The lowest BCUT2D eigenvalue weighted by Gasteiger charge is -2.27. The topological polar surface area (TPSA) is 3.24 Å². The van der Waals surface area contributed by atoms with Crippen LogP contribution in [0.1, 0.15) is 44.9 Å². The minimum Gasteiger partial charge on any atom is -0.303 e. The molecule has 0 radical (unpaired) electrons. The summed E-state index contributed by atoms with van der Waals surface area (Å²) in [6, 6.07) is 0. The molecule has 1 fully saturated rings. The summed E-state index contributed by atoms with van der Waals surface area (Å²) in [5.74, 6) is -0.123. The SMILES string of the molecule is C=C/C(F)=C\C=C\C(CCCN1CCCCC1)C1=CC=C(F)CC1. The molecular formula is C21H29F2N. The van der Waals surface area contributed by atoms with E-state index in [4.69, 9.17) is 0 Å². The molecule has 0 spiro atoms. The van der Waals surface area contributed by atoms with Gasteiger partial charge in [0.25, 0.3) is 0 Å². The Morgan fingerprint density at radius 1 is 1.21 bits per heavy atom. The summed E-state index contributed by atoms with van der Waals surface area (Å²) in [6.07, 6.45) is 17.3. The van der Waals surface area contributed by atoms with Crippen molar-refractivity contribution in [1.82, 2.24) is 4.90 Å². The van der Waals surface area contributed by atoms with Crippen molar-refractivity contribution in [2.75, 3.05) is 19.6 Å². The number of hydrogen-bond donors (Lipinski definition) is 0. The maximum Gasteiger partial charge on any atom is 0.122 e. The summed E-state index contributed by atoms with van der Waals surface area (Å²) in [7, 11) is 0. The molecular weight excluding hydrogens is 304 g/mol. The highest BCUT2D eigenvalue weighted by atomic mass is 19.1. The van der Waals surface area contributed by atoms with E-state index in [1.807, 2.05) is 12.2 Å². The lowest BCUT2D eigenvalue weighted by molar-refractivity contribution is 0.223. The fourth-order valence-corrected chi connectivity index (χ4v) is 3.41. The summed E-state index contributed by atoms with van der Waals surface area (Å²) < 4.78 is 26.4. The van der Waals surface area contributed by atoms with E-state index in [0.717, 1.165) is 25.8 Å². The van der Waals surface area contributed by atoms with E-state index in [9.17, 15) is 8.78 Å². The number of rotatable bonds is 8. The summed E-state index contributed by atoms with van der Waals surface area (Å²) in [5.41, 5.74) is 1.25. The number of allylic oxidation sites excluding steroid dienone is 9. The zero-order chi connectivity index (χ0) is 17.2. The van der Waals surface area contributed by atoms with Gasteiger partial charge in [-0.3, -0.25) is 0 Å². The zero-order valence-corrected chi connectivity index (χ0v) is 14.5. The third kappa shape index (κ3) is 6.56. The van der Waals surface area contributed by atoms with Crippen molar-refractivity contribution in [2.24, 2.45) is 5.92 Å². The first-order valence-corrected chi connectivity index (χ1v) is 9.13. The van der Waals surface area contributed by atoms with E-state index >= 15 is 0 Å². The van der Waals surface area contributed by atoms with E-state index in [1.54, 1.807) is 12.2 Å². The second-order valence-corrected chi connectivity index (χ2v) is 6.65. The summed E-state index contributed by atoms with van der Waals surface area (Å²) >= 11 is 0. The van der Waals surface area contributed by atoms with Gasteiger partial charge in [0.05, 0.1) is 0 Å². The Balaban J connectivity index is 1.92. The number of hydrogen-bond acceptors (Lipinski definition) is 1. The smallest absolute Gasteiger partial charge is 0.122 e. The molecule has 2 rings (SSSR count). The van der Waals surface area contributed by atoms with Crippen molar-refractivity contribution in [3.63, 3.8) is 0 Å². The van der Waals surface area contributed by atoms with Crippen LogP contribution in [0.15, 0.2) is 60.3 Å². The van der Waals surface area contributed by atoms with E-state index in [0.29, 0.717) is 6.42 Å². The Morgan fingerprint density at radius 2 is 2.00 bits per heavy atom. The molecule has 1 aliphatic heterocycles. The number of halogens is 2. The number of nitrogens with zero attached hydrogens (tertiary/aromatic N) is 1. The van der Waals surface area contributed by atoms with Crippen LogP contribution < -0.4 is 0 Å². The molecule has 3 heteroatoms. The lowest BCUT2D eigenvalue weighted by atomic mass is 9.87. The van der Waals surface area contributed by atoms with E-state index < -0.39 is 0 Å². The standard InChI is InChI=1S/C21H29F2N/c1-2-20(22)10-6-8-18(19-11-13-21(23)14-12-19)9-7-17-24-15-4-3-5-16-24/h2,6,8,10-11,13,18H,1,3-5,7,9,12,14-17H2/b8-6+,20-10+. The first kappa shape index (κ1) is 18.9. The maximum atomic E-state index is 13.2. The van der Waals surface area contributed by atoms with Crippen LogP contribution in [-0.2, 0) is 0 Å². The molecule has 0 aromatic heterocycles. The van der Waals surface area contributed by atoms with E-state index in [2.05, 4.69) is 11.5 Å². The van der Waals surface area contributed by atoms with Crippen LogP contribution in [0.2, 0.25) is 0 Å². The molecule has 1 aliphatic carbocycles. The average molecular weight is 333 g/mol. The monoisotopic (exact) mass is 333 g/mol. The molecule has 2 aliphatic rings. The molecule has 24 heavy (non-hydrogen) atoms. The van der Waals surface area contributed by atoms with Crippen LogP contribution in [0.25, 0.3) is 0 Å². The fraction of sp³-hybridized carbons (Fsp3) is 0.524. The molecule has 1 heterocycles. The summed E-state index contributed by atoms with van der Waals surface area (Å²) in [6.45, 7) is 6.96. The molecule has 1 unspecified atom stereocenters. The zero-order valence-electron chi connectivity index (χ0n) is 14.5. The van der Waals surface area contributed by atoms with Gasteiger partial charge in [0.15, 0.2) is 0 Å². The van der Waals surface area contributed by atoms with E-state index in [1.165, 1.54) is 50.1 Å². The number of likely N-dealkylation sites (tertiary alicyclic amines) is 1. The van der Waals surface area contributed by atoms with Gasteiger partial charge >= 0.3 is 0 Å². The Labute approximate surface area is 145 Å². The van der Waals surface area contributed by atoms with E-state index in [-0.39, 0.29) is 17.6 Å². The predicted molar refractivity (Wildman–Crippen MR) is 98.1 cm³/mol. The predicted octanol–water partition coefficient (Wildman–Crippen LogP) is 6.04. The van der Waals surface area contributed by atoms with Gasteiger partial charge in [0.1, 0.15) is 11.7 Å². The average Bonchev–Trinajstić information content (AvgIpc) is 2.62. The molecule has 0 aromatic rings. The normalized spacial score (nSPS) is 21.5. The molecule has 132 valence electrons. The van der Waals surface area contributed by atoms with Crippen molar-refractivity contribution in [3.8, 4) is 0 Å². The Hall–Kier alpha value is -1.48. The van der Waals surface area contributed by atoms with Crippen LogP contribution in [0.3, 0.4) is 0 Å². The van der Waals surface area contributed by atoms with Crippen molar-refractivity contribution in [3.05, 3.63) is 60.3 Å². The second-order valence-electron chi connectivity index (χ2n) is 6.65. The second kappa shape index (κ2) is 10.4. The molecule has 0 bridgehead atoms. The minimum absolute atomic E-state index is 0.0487. The molecule has 1 saturated heterocycles. The largest absolute Gasteiger partial charge is 0.303 e. The van der Waals surface area contributed by atoms with Gasteiger partial charge in [-0.2, -0.15) is 0 Å². The summed E-state index contributed by atoms with van der Waals surface area (Å²) in [5, 5.41) is 0. The third-order valence-corrected chi connectivity index (χ3v) is 4.84. The molecule has 0 N–H and O–H groups in total.